The number of carbonyl (C=O) groups excluding carboxylic acids is 2. The fourth-order valence-corrected chi connectivity index (χ4v) is 11.4. The van der Waals surface area contributed by atoms with Gasteiger partial charge in [0.1, 0.15) is 6.10 Å². The first-order chi connectivity index (χ1) is 27.9. The van der Waals surface area contributed by atoms with Crippen LogP contribution in [0.5, 0.6) is 11.5 Å². The number of aliphatic hydroxyl groups is 1. The van der Waals surface area contributed by atoms with Gasteiger partial charge in [-0.15, -0.1) is 0 Å². The molecule has 1 N–H and O–H groups in total. The molecular formula is C50H58N2O5. The van der Waals surface area contributed by atoms with Crippen LogP contribution >= 0.6 is 0 Å². The van der Waals surface area contributed by atoms with E-state index in [1.165, 1.54) is 47.6 Å². The molecule has 7 nitrogen and oxygen atoms in total. The van der Waals surface area contributed by atoms with E-state index in [0.717, 1.165) is 76.6 Å². The third-order valence-electron chi connectivity index (χ3n) is 14.2. The van der Waals surface area contributed by atoms with E-state index in [4.69, 9.17) is 9.47 Å². The Bertz CT molecular complexity index is 1980. The zero-order valence-corrected chi connectivity index (χ0v) is 33.4. The van der Waals surface area contributed by atoms with E-state index < -0.39 is 0 Å². The van der Waals surface area contributed by atoms with E-state index in [1.807, 2.05) is 6.07 Å². The van der Waals surface area contributed by atoms with Crippen molar-refractivity contribution in [1.82, 2.24) is 9.80 Å². The maximum atomic E-state index is 15.0. The first-order valence-corrected chi connectivity index (χ1v) is 21.8. The number of piperidine rings is 1. The van der Waals surface area contributed by atoms with Crippen molar-refractivity contribution in [2.75, 3.05) is 19.6 Å². The van der Waals surface area contributed by atoms with Crippen LogP contribution in [0.15, 0.2) is 103 Å². The Balaban J connectivity index is 1.02. The van der Waals surface area contributed by atoms with Crippen LogP contribution in [0, 0.1) is 11.8 Å². The van der Waals surface area contributed by atoms with Crippen molar-refractivity contribution in [2.45, 2.75) is 120 Å². The number of benzene rings is 4. The minimum atomic E-state index is -0.354. The van der Waals surface area contributed by atoms with Gasteiger partial charge in [0.05, 0.1) is 12.1 Å². The summed E-state index contributed by atoms with van der Waals surface area (Å²) in [6.07, 6.45) is 11.2. The van der Waals surface area contributed by atoms with E-state index in [1.54, 1.807) is 0 Å². The summed E-state index contributed by atoms with van der Waals surface area (Å²) in [5, 5.41) is 10.3. The zero-order valence-electron chi connectivity index (χ0n) is 33.4. The monoisotopic (exact) mass is 766 g/mol. The molecule has 0 aromatic heterocycles. The van der Waals surface area contributed by atoms with Gasteiger partial charge in [-0.25, -0.2) is 0 Å². The second-order valence-corrected chi connectivity index (χ2v) is 17.6. The van der Waals surface area contributed by atoms with E-state index in [2.05, 4.69) is 107 Å². The SMILES string of the molecule is CC(=O)Oc1ccc2c3c1O[C@H]1[C@H](N(CC(c4ccccc4)c4ccccc4)C(=O)CCCCCCCc4ccccc4)CC[C@H]4[C@@H](C2)N(CC2CC2O)CC[C@@]341. The number of rotatable bonds is 16. The number of aryl methyl sites for hydroxylation is 1. The number of amides is 1. The van der Waals surface area contributed by atoms with Crippen molar-refractivity contribution in [1.29, 1.82) is 0 Å². The second kappa shape index (κ2) is 16.4. The van der Waals surface area contributed by atoms with Crippen LogP contribution in [0.3, 0.4) is 0 Å². The third-order valence-corrected chi connectivity index (χ3v) is 14.2. The highest BCUT2D eigenvalue weighted by molar-refractivity contribution is 5.77. The van der Waals surface area contributed by atoms with Crippen molar-refractivity contribution < 1.29 is 24.2 Å². The van der Waals surface area contributed by atoms with Gasteiger partial charge in [0.15, 0.2) is 11.5 Å². The lowest BCUT2D eigenvalue weighted by molar-refractivity contribution is -0.143. The summed E-state index contributed by atoms with van der Waals surface area (Å²) in [6.45, 7) is 3.90. The molecule has 4 aromatic rings. The smallest absolute Gasteiger partial charge is 0.308 e. The highest BCUT2D eigenvalue weighted by atomic mass is 16.6. The van der Waals surface area contributed by atoms with Gasteiger partial charge < -0.3 is 19.5 Å². The Labute approximate surface area is 338 Å². The predicted octanol–water partition coefficient (Wildman–Crippen LogP) is 8.64. The Morgan fingerprint density at radius 2 is 1.54 bits per heavy atom. The number of unbranched alkanes of at least 4 members (excludes halogenated alkanes) is 4. The molecule has 1 spiro atoms. The summed E-state index contributed by atoms with van der Waals surface area (Å²) in [4.78, 5) is 32.3. The van der Waals surface area contributed by atoms with Gasteiger partial charge in [-0.05, 0) is 92.1 Å². The maximum Gasteiger partial charge on any atom is 0.308 e. The van der Waals surface area contributed by atoms with Crippen molar-refractivity contribution in [2.24, 2.45) is 11.8 Å². The number of esters is 1. The lowest BCUT2D eigenvalue weighted by atomic mass is 9.51. The molecule has 2 aliphatic heterocycles. The predicted molar refractivity (Wildman–Crippen MR) is 222 cm³/mol. The molecule has 9 rings (SSSR count). The molecule has 7 heteroatoms. The average molecular weight is 767 g/mol. The van der Waals surface area contributed by atoms with Crippen LogP contribution in [-0.2, 0) is 27.8 Å². The number of nitrogens with zero attached hydrogens (tertiary/aromatic N) is 2. The fraction of sp³-hybridized carbons (Fsp3) is 0.480. The molecule has 2 bridgehead atoms. The molecule has 4 aromatic carbocycles. The Morgan fingerprint density at radius 1 is 0.877 bits per heavy atom. The molecule has 2 heterocycles. The quantitative estimate of drug-likeness (QED) is 0.0699. The summed E-state index contributed by atoms with van der Waals surface area (Å²) < 4.78 is 13.1. The Morgan fingerprint density at radius 3 is 2.23 bits per heavy atom. The van der Waals surface area contributed by atoms with Gasteiger partial charge in [0.25, 0.3) is 0 Å². The number of carbonyl (C=O) groups is 2. The highest BCUT2D eigenvalue weighted by Gasteiger charge is 2.67. The summed E-state index contributed by atoms with van der Waals surface area (Å²) in [7, 11) is 0. The molecular weight excluding hydrogens is 709 g/mol. The molecule has 7 atom stereocenters. The van der Waals surface area contributed by atoms with E-state index in [-0.39, 0.29) is 41.5 Å². The van der Waals surface area contributed by atoms with Crippen molar-refractivity contribution in [3.05, 3.63) is 131 Å². The van der Waals surface area contributed by atoms with Crippen LogP contribution < -0.4 is 9.47 Å². The van der Waals surface area contributed by atoms with Crippen LogP contribution in [-0.4, -0.2) is 70.7 Å². The number of aliphatic hydroxyl groups excluding tert-OH is 1. The molecule has 1 amide bonds. The van der Waals surface area contributed by atoms with Gasteiger partial charge in [0.2, 0.25) is 5.91 Å². The van der Waals surface area contributed by atoms with Gasteiger partial charge in [0, 0.05) is 55.3 Å². The summed E-state index contributed by atoms with van der Waals surface area (Å²) in [5.74, 6) is 1.80. The molecule has 1 saturated heterocycles. The summed E-state index contributed by atoms with van der Waals surface area (Å²) in [5.41, 5.74) is 6.03. The largest absolute Gasteiger partial charge is 0.483 e. The normalized spacial score (nSPS) is 26.7. The molecule has 57 heavy (non-hydrogen) atoms. The van der Waals surface area contributed by atoms with Crippen LogP contribution in [0.1, 0.15) is 105 Å². The maximum absolute atomic E-state index is 15.0. The van der Waals surface area contributed by atoms with Crippen molar-refractivity contribution in [3.8, 4) is 11.5 Å². The Kier molecular flexibility index (Phi) is 11.0. The second-order valence-electron chi connectivity index (χ2n) is 17.6. The van der Waals surface area contributed by atoms with Crippen molar-refractivity contribution in [3.63, 3.8) is 0 Å². The summed E-state index contributed by atoms with van der Waals surface area (Å²) >= 11 is 0. The van der Waals surface area contributed by atoms with Gasteiger partial charge >= 0.3 is 5.97 Å². The van der Waals surface area contributed by atoms with Crippen LogP contribution in [0.2, 0.25) is 0 Å². The van der Waals surface area contributed by atoms with E-state index in [9.17, 15) is 9.90 Å². The molecule has 2 saturated carbocycles. The molecule has 5 aliphatic rings. The number of hydrogen-bond donors (Lipinski definition) is 1. The standard InChI is InChI=1S/C50H58N2O5/c1-34(53)56-45-27-24-38-30-43-41-25-26-42(49-50(41,47(38)48(45)57-49)28-29-51(43)32-39-31-44(39)54)52(33-40(36-19-11-6-12-20-36)37-21-13-7-14-22-37)46(55)23-15-4-2-3-8-16-35-17-9-5-10-18-35/h5-7,9-14,17-22,24,27,39-44,49,54H,2-4,8,15-16,23,25-26,28-33H2,1H3/t39?,41-,42+,43+,44?,49-,50-/m0/s1. The minimum Gasteiger partial charge on any atom is -0.483 e. The van der Waals surface area contributed by atoms with E-state index in [0.29, 0.717) is 36.6 Å². The van der Waals surface area contributed by atoms with E-state index >= 15 is 4.79 Å². The molecule has 3 fully saturated rings. The lowest BCUT2D eigenvalue weighted by Gasteiger charge is -2.60. The number of likely N-dealkylation sites (tertiary alicyclic amines) is 1. The van der Waals surface area contributed by atoms with Crippen LogP contribution in [0.4, 0.5) is 0 Å². The highest BCUT2D eigenvalue weighted by Crippen LogP contribution is 2.64. The van der Waals surface area contributed by atoms with Crippen LogP contribution in [0.25, 0.3) is 0 Å². The minimum absolute atomic E-state index is 0.00595. The average Bonchev–Trinajstić information content (AvgIpc) is 3.81. The fourth-order valence-electron chi connectivity index (χ4n) is 11.4. The Hall–Kier alpha value is -4.46. The first-order valence-electron chi connectivity index (χ1n) is 21.8. The third kappa shape index (κ3) is 7.54. The lowest BCUT2D eigenvalue weighted by Crippen LogP contribution is -2.69. The first kappa shape index (κ1) is 38.1. The van der Waals surface area contributed by atoms with Gasteiger partial charge in [-0.1, -0.05) is 116 Å². The number of hydrogen-bond acceptors (Lipinski definition) is 6. The van der Waals surface area contributed by atoms with Crippen molar-refractivity contribution >= 4 is 11.9 Å². The molecule has 0 radical (unpaired) electrons. The molecule has 3 aliphatic carbocycles. The van der Waals surface area contributed by atoms with Gasteiger partial charge in [-0.2, -0.15) is 0 Å². The molecule has 298 valence electrons. The summed E-state index contributed by atoms with van der Waals surface area (Å²) in [6, 6.07) is 36.3. The zero-order chi connectivity index (χ0) is 38.9. The number of ether oxygens (including phenoxy) is 2. The van der Waals surface area contributed by atoms with Gasteiger partial charge in [-0.3, -0.25) is 14.5 Å². The molecule has 2 unspecified atom stereocenters. The topological polar surface area (TPSA) is 79.3 Å².